The van der Waals surface area contributed by atoms with Gasteiger partial charge in [-0.1, -0.05) is 18.2 Å². The van der Waals surface area contributed by atoms with E-state index in [1.165, 1.54) is 0 Å². The Morgan fingerprint density at radius 1 is 0.939 bits per heavy atom. The van der Waals surface area contributed by atoms with E-state index in [4.69, 9.17) is 15.2 Å². The third-order valence-corrected chi connectivity index (χ3v) is 3.99. The lowest BCUT2D eigenvalue weighted by molar-refractivity contribution is 0.0511. The number of aromatic nitrogens is 3. The normalized spacial score (nSPS) is 10.3. The predicted octanol–water partition coefficient (Wildman–Crippen LogP) is 1.53. The van der Waals surface area contributed by atoms with E-state index in [0.29, 0.717) is 81.7 Å². The van der Waals surface area contributed by atoms with E-state index in [-0.39, 0.29) is 5.91 Å². The minimum atomic E-state index is -0.209. The molecule has 6 N–H and O–H groups in total. The molecular weight excluding hydrogens is 424 g/mol. The number of nitrogens with zero attached hydrogens (tertiary/aromatic N) is 3. The van der Waals surface area contributed by atoms with Crippen LogP contribution in [-0.4, -0.2) is 73.5 Å². The summed E-state index contributed by atoms with van der Waals surface area (Å²) < 4.78 is 10.6. The van der Waals surface area contributed by atoms with Gasteiger partial charge in [-0.15, -0.1) is 13.2 Å². The van der Waals surface area contributed by atoms with Gasteiger partial charge in [-0.05, 0) is 18.2 Å². The summed E-state index contributed by atoms with van der Waals surface area (Å²) in [6.45, 7) is 11.1. The molecule has 0 spiro atoms. The highest BCUT2D eigenvalue weighted by molar-refractivity contribution is 5.95. The number of anilines is 4. The molecule has 0 saturated carbocycles. The molecule has 0 radical (unpaired) electrons. The van der Waals surface area contributed by atoms with Crippen molar-refractivity contribution in [3.63, 3.8) is 0 Å². The first kappa shape index (κ1) is 25.7. The monoisotopic (exact) mass is 456 g/mol. The quantitative estimate of drug-likeness (QED) is 0.175. The number of amides is 1. The lowest BCUT2D eigenvalue weighted by Gasteiger charge is -2.11. The van der Waals surface area contributed by atoms with Gasteiger partial charge in [0.2, 0.25) is 17.8 Å². The van der Waals surface area contributed by atoms with Gasteiger partial charge in [0.1, 0.15) is 0 Å². The standard InChI is InChI=1S/C22H32N8O3/c1-3-9-25-20-28-21(26-10-4-2)30-22(29-20)27-18-7-5-6-17(16-18)19(31)24-11-13-33-15-14-32-12-8-23/h3-7,16H,1-2,8-15,23H2,(H,24,31)(H3,25,26,27,28,29,30). The van der Waals surface area contributed by atoms with Crippen LogP contribution in [0.1, 0.15) is 10.4 Å². The summed E-state index contributed by atoms with van der Waals surface area (Å²) in [5, 5.41) is 12.0. The third-order valence-electron chi connectivity index (χ3n) is 3.99. The number of rotatable bonds is 17. The first-order valence-corrected chi connectivity index (χ1v) is 10.6. The van der Waals surface area contributed by atoms with Crippen LogP contribution in [0.25, 0.3) is 0 Å². The SMILES string of the molecule is C=CCNc1nc(NCC=C)nc(Nc2cccc(C(=O)NCCOCCOCCN)c2)n1. The fraction of sp³-hybridized carbons (Fsp3) is 0.364. The molecule has 0 unspecified atom stereocenters. The number of hydrogen-bond donors (Lipinski definition) is 5. The molecule has 33 heavy (non-hydrogen) atoms. The smallest absolute Gasteiger partial charge is 0.251 e. The second kappa shape index (κ2) is 15.3. The molecular formula is C22H32N8O3. The van der Waals surface area contributed by atoms with Crippen molar-refractivity contribution in [1.29, 1.82) is 0 Å². The molecule has 0 aliphatic rings. The van der Waals surface area contributed by atoms with Gasteiger partial charge in [0.05, 0.1) is 26.4 Å². The van der Waals surface area contributed by atoms with Crippen LogP contribution < -0.4 is 27.0 Å². The molecule has 0 aliphatic heterocycles. The van der Waals surface area contributed by atoms with Crippen molar-refractivity contribution >= 4 is 29.4 Å². The average molecular weight is 457 g/mol. The van der Waals surface area contributed by atoms with E-state index in [9.17, 15) is 4.79 Å². The summed E-state index contributed by atoms with van der Waals surface area (Å²) in [5.74, 6) is 0.896. The molecule has 11 heteroatoms. The summed E-state index contributed by atoms with van der Waals surface area (Å²) in [4.78, 5) is 25.5. The number of carbonyl (C=O) groups excluding carboxylic acids is 1. The molecule has 0 saturated heterocycles. The molecule has 0 atom stereocenters. The molecule has 0 fully saturated rings. The number of benzene rings is 1. The maximum atomic E-state index is 12.5. The Hall–Kier alpha value is -3.54. The summed E-state index contributed by atoms with van der Waals surface area (Å²) in [7, 11) is 0. The summed E-state index contributed by atoms with van der Waals surface area (Å²) in [5.41, 5.74) is 6.50. The predicted molar refractivity (Wildman–Crippen MR) is 130 cm³/mol. The maximum Gasteiger partial charge on any atom is 0.251 e. The van der Waals surface area contributed by atoms with E-state index in [1.54, 1.807) is 30.4 Å². The van der Waals surface area contributed by atoms with Crippen molar-refractivity contribution in [1.82, 2.24) is 20.3 Å². The van der Waals surface area contributed by atoms with E-state index in [1.807, 2.05) is 6.07 Å². The Labute approximate surface area is 193 Å². The molecule has 1 aromatic heterocycles. The van der Waals surface area contributed by atoms with Crippen LogP contribution in [0.3, 0.4) is 0 Å². The van der Waals surface area contributed by atoms with Crippen molar-refractivity contribution in [2.75, 3.05) is 68.6 Å². The van der Waals surface area contributed by atoms with E-state index < -0.39 is 0 Å². The van der Waals surface area contributed by atoms with Crippen molar-refractivity contribution in [3.05, 3.63) is 55.1 Å². The highest BCUT2D eigenvalue weighted by Gasteiger charge is 2.09. The van der Waals surface area contributed by atoms with Gasteiger partial charge < -0.3 is 36.5 Å². The topological polar surface area (TPSA) is 148 Å². The van der Waals surface area contributed by atoms with Crippen LogP contribution >= 0.6 is 0 Å². The zero-order valence-electron chi connectivity index (χ0n) is 18.7. The third kappa shape index (κ3) is 10.1. The van der Waals surface area contributed by atoms with Crippen LogP contribution in [0.4, 0.5) is 23.5 Å². The van der Waals surface area contributed by atoms with Gasteiger partial charge in [-0.25, -0.2) is 0 Å². The van der Waals surface area contributed by atoms with E-state index in [0.717, 1.165) is 0 Å². The lowest BCUT2D eigenvalue weighted by Crippen LogP contribution is -2.27. The minimum absolute atomic E-state index is 0.209. The second-order valence-corrected chi connectivity index (χ2v) is 6.62. The molecule has 1 heterocycles. The number of carbonyl (C=O) groups is 1. The van der Waals surface area contributed by atoms with Crippen molar-refractivity contribution in [3.8, 4) is 0 Å². The zero-order valence-corrected chi connectivity index (χ0v) is 18.7. The fourth-order valence-corrected chi connectivity index (χ4v) is 2.53. The van der Waals surface area contributed by atoms with Crippen molar-refractivity contribution in [2.24, 2.45) is 5.73 Å². The highest BCUT2D eigenvalue weighted by atomic mass is 16.5. The molecule has 1 aromatic carbocycles. The van der Waals surface area contributed by atoms with Crippen molar-refractivity contribution in [2.45, 2.75) is 0 Å². The van der Waals surface area contributed by atoms with Crippen LogP contribution in [-0.2, 0) is 9.47 Å². The summed E-state index contributed by atoms with van der Waals surface area (Å²) in [6.07, 6.45) is 3.41. The molecule has 1 amide bonds. The Balaban J connectivity index is 1.93. The Morgan fingerprint density at radius 3 is 2.21 bits per heavy atom. The van der Waals surface area contributed by atoms with Gasteiger partial charge in [0, 0.05) is 37.4 Å². The van der Waals surface area contributed by atoms with Crippen LogP contribution in [0, 0.1) is 0 Å². The summed E-state index contributed by atoms with van der Waals surface area (Å²) >= 11 is 0. The lowest BCUT2D eigenvalue weighted by atomic mass is 10.2. The van der Waals surface area contributed by atoms with Crippen LogP contribution in [0.5, 0.6) is 0 Å². The number of hydrogen-bond acceptors (Lipinski definition) is 10. The Morgan fingerprint density at radius 2 is 1.58 bits per heavy atom. The zero-order chi connectivity index (χ0) is 23.7. The van der Waals surface area contributed by atoms with Crippen molar-refractivity contribution < 1.29 is 14.3 Å². The first-order chi connectivity index (χ1) is 16.2. The Kier molecular flexibility index (Phi) is 11.9. The van der Waals surface area contributed by atoms with Crippen LogP contribution in [0.2, 0.25) is 0 Å². The van der Waals surface area contributed by atoms with E-state index in [2.05, 4.69) is 49.4 Å². The fourth-order valence-electron chi connectivity index (χ4n) is 2.53. The molecule has 0 bridgehead atoms. The van der Waals surface area contributed by atoms with Gasteiger partial charge in [0.15, 0.2) is 0 Å². The molecule has 178 valence electrons. The van der Waals surface area contributed by atoms with Gasteiger partial charge in [-0.2, -0.15) is 15.0 Å². The van der Waals surface area contributed by atoms with E-state index >= 15 is 0 Å². The minimum Gasteiger partial charge on any atom is -0.378 e. The Bertz CT molecular complexity index is 863. The maximum absolute atomic E-state index is 12.5. The van der Waals surface area contributed by atoms with Gasteiger partial charge in [-0.3, -0.25) is 4.79 Å². The molecule has 2 rings (SSSR count). The molecule has 0 aliphatic carbocycles. The molecule has 11 nitrogen and oxygen atoms in total. The average Bonchev–Trinajstić information content (AvgIpc) is 2.83. The highest BCUT2D eigenvalue weighted by Crippen LogP contribution is 2.17. The number of nitrogens with one attached hydrogen (secondary N) is 4. The first-order valence-electron chi connectivity index (χ1n) is 10.6. The number of ether oxygens (including phenoxy) is 2. The second-order valence-electron chi connectivity index (χ2n) is 6.62. The number of nitrogens with two attached hydrogens (primary N) is 1. The summed E-state index contributed by atoms with van der Waals surface area (Å²) in [6, 6.07) is 7.04. The molecule has 2 aromatic rings. The van der Waals surface area contributed by atoms with Gasteiger partial charge >= 0.3 is 0 Å². The van der Waals surface area contributed by atoms with Crippen LogP contribution in [0.15, 0.2) is 49.6 Å². The van der Waals surface area contributed by atoms with Gasteiger partial charge in [0.25, 0.3) is 5.91 Å². The largest absolute Gasteiger partial charge is 0.378 e.